The number of carboxylic acid groups (broad SMARTS) is 1. The van der Waals surface area contributed by atoms with Crippen LogP contribution < -0.4 is 10.0 Å². The predicted octanol–water partition coefficient (Wildman–Crippen LogP) is 4.98. The average Bonchev–Trinajstić information content (AvgIpc) is 3.28. The van der Waals surface area contributed by atoms with Crippen molar-refractivity contribution in [1.82, 2.24) is 15.0 Å². The number of carbonyl (C=O) groups excluding carboxylic acids is 1. The van der Waals surface area contributed by atoms with Crippen molar-refractivity contribution in [3.8, 4) is 10.4 Å². The van der Waals surface area contributed by atoms with Crippen LogP contribution in [0.2, 0.25) is 0 Å². The smallest absolute Gasteiger partial charge is 0.404 e. The van der Waals surface area contributed by atoms with E-state index >= 15 is 0 Å². The van der Waals surface area contributed by atoms with E-state index in [1.54, 1.807) is 4.72 Å². The van der Waals surface area contributed by atoms with Gasteiger partial charge in [0.15, 0.2) is 5.01 Å². The monoisotopic (exact) mass is 631 g/mol. The van der Waals surface area contributed by atoms with Gasteiger partial charge in [0.2, 0.25) is 10.0 Å². The molecule has 14 heteroatoms. The van der Waals surface area contributed by atoms with E-state index < -0.39 is 50.5 Å². The molecule has 1 heterocycles. The molecule has 0 unspecified atom stereocenters. The number of hydrogen-bond acceptors (Lipinski definition) is 7. The maximum atomic E-state index is 13.1. The number of rotatable bonds is 10. The third-order valence-corrected chi connectivity index (χ3v) is 10.6. The van der Waals surface area contributed by atoms with Gasteiger partial charge in [-0.25, -0.2) is 13.4 Å². The van der Waals surface area contributed by atoms with Crippen LogP contribution in [0.3, 0.4) is 0 Å². The van der Waals surface area contributed by atoms with E-state index in [4.69, 9.17) is 5.11 Å². The van der Waals surface area contributed by atoms with Gasteiger partial charge in [0.05, 0.1) is 27.0 Å². The van der Waals surface area contributed by atoms with Crippen molar-refractivity contribution < 1.29 is 41.4 Å². The number of carbonyl (C=O) groups is 2. The zero-order chi connectivity index (χ0) is 31.0. The molecule has 2 aliphatic carbocycles. The standard InChI is InChI=1S/C28H36F3N3O6S2/c1-15(28(29,30)31)34-42(39,40)19-9-10-20(21(14-19)27(2,3)38)23-22(11-16-7-5-4-6-8-16)33-25(41-23)24(35)32-18-12-17(13-18)26(36)37/h9-10,14-18,34,38H,4-8,11-13H2,1-3H3,(H,32,35)(H,36,37)/t15-,17-,18-/m0/s1. The summed E-state index contributed by atoms with van der Waals surface area (Å²) < 4.78 is 66.6. The van der Waals surface area contributed by atoms with Gasteiger partial charge in [-0.15, -0.1) is 11.3 Å². The van der Waals surface area contributed by atoms with Crippen LogP contribution in [0, 0.1) is 11.8 Å². The number of nitrogens with one attached hydrogen (secondary N) is 2. The summed E-state index contributed by atoms with van der Waals surface area (Å²) in [7, 11) is -4.59. The van der Waals surface area contributed by atoms with Gasteiger partial charge in [-0.1, -0.05) is 38.2 Å². The molecule has 2 saturated carbocycles. The normalized spacial score (nSPS) is 21.0. The van der Waals surface area contributed by atoms with E-state index in [1.165, 1.54) is 26.0 Å². The van der Waals surface area contributed by atoms with Crippen LogP contribution in [0.1, 0.15) is 86.8 Å². The van der Waals surface area contributed by atoms with E-state index in [2.05, 4.69) is 10.3 Å². The molecule has 0 aliphatic heterocycles. The van der Waals surface area contributed by atoms with Gasteiger partial charge in [-0.05, 0) is 69.2 Å². The minimum Gasteiger partial charge on any atom is -0.481 e. The first-order valence-corrected chi connectivity index (χ1v) is 16.3. The fourth-order valence-electron chi connectivity index (χ4n) is 5.41. The molecule has 2 aromatic rings. The molecule has 1 aromatic heterocycles. The summed E-state index contributed by atoms with van der Waals surface area (Å²) in [6.07, 6.45) is 1.73. The number of benzene rings is 1. The zero-order valence-electron chi connectivity index (χ0n) is 23.6. The van der Waals surface area contributed by atoms with E-state index in [0.717, 1.165) is 49.5 Å². The molecule has 4 N–H and O–H groups in total. The second-order valence-electron chi connectivity index (χ2n) is 11.8. The highest BCUT2D eigenvalue weighted by Crippen LogP contribution is 2.41. The second kappa shape index (κ2) is 12.2. The van der Waals surface area contributed by atoms with Crippen LogP contribution in [-0.2, 0) is 26.8 Å². The average molecular weight is 632 g/mol. The van der Waals surface area contributed by atoms with Crippen molar-refractivity contribution in [2.24, 2.45) is 11.8 Å². The fraction of sp³-hybridized carbons (Fsp3) is 0.607. The summed E-state index contributed by atoms with van der Waals surface area (Å²) in [5, 5.41) is 23.2. The Morgan fingerprint density at radius 3 is 2.36 bits per heavy atom. The van der Waals surface area contributed by atoms with Gasteiger partial charge in [-0.3, -0.25) is 9.59 Å². The number of halogens is 3. The summed E-state index contributed by atoms with van der Waals surface area (Å²) in [5.41, 5.74) is -0.377. The molecule has 1 aromatic carbocycles. The van der Waals surface area contributed by atoms with Crippen molar-refractivity contribution in [3.05, 3.63) is 34.5 Å². The molecule has 1 atom stereocenters. The Bertz CT molecular complexity index is 1420. The van der Waals surface area contributed by atoms with Crippen LogP contribution in [0.25, 0.3) is 10.4 Å². The van der Waals surface area contributed by atoms with Gasteiger partial charge in [-0.2, -0.15) is 17.9 Å². The lowest BCUT2D eigenvalue weighted by molar-refractivity contribution is -0.147. The number of nitrogens with zero attached hydrogens (tertiary/aromatic N) is 1. The third-order valence-electron chi connectivity index (χ3n) is 7.95. The molecule has 9 nitrogen and oxygen atoms in total. The molecular formula is C28H36F3N3O6S2. The Labute approximate surface area is 247 Å². The highest BCUT2D eigenvalue weighted by molar-refractivity contribution is 7.89. The van der Waals surface area contributed by atoms with Crippen LogP contribution >= 0.6 is 11.3 Å². The predicted molar refractivity (Wildman–Crippen MR) is 151 cm³/mol. The minimum atomic E-state index is -4.78. The highest BCUT2D eigenvalue weighted by Gasteiger charge is 2.40. The fourth-order valence-corrected chi connectivity index (χ4v) is 7.70. The van der Waals surface area contributed by atoms with Gasteiger partial charge in [0.1, 0.15) is 6.04 Å². The van der Waals surface area contributed by atoms with Crippen LogP contribution in [0.5, 0.6) is 0 Å². The SMILES string of the molecule is C[C@H](NS(=O)(=O)c1ccc(-c2sc(C(=O)N[C@H]3C[C@H](C(=O)O)C3)nc2CC2CCCCC2)c(C(C)(C)O)c1)C(F)(F)F. The van der Waals surface area contributed by atoms with E-state index in [0.29, 0.717) is 48.2 Å². The van der Waals surface area contributed by atoms with Crippen LogP contribution in [0.4, 0.5) is 13.2 Å². The number of alkyl halides is 3. The highest BCUT2D eigenvalue weighted by atomic mass is 32.2. The van der Waals surface area contributed by atoms with Gasteiger partial charge >= 0.3 is 12.1 Å². The molecule has 2 aliphatic rings. The summed E-state index contributed by atoms with van der Waals surface area (Å²) in [5.74, 6) is -1.52. The Kier molecular flexibility index (Phi) is 9.41. The van der Waals surface area contributed by atoms with Crippen molar-refractivity contribution in [2.75, 3.05) is 0 Å². The maximum absolute atomic E-state index is 13.1. The molecule has 232 valence electrons. The van der Waals surface area contributed by atoms with Gasteiger partial charge < -0.3 is 15.5 Å². The lowest BCUT2D eigenvalue weighted by Gasteiger charge is -2.32. The molecule has 1 amide bonds. The van der Waals surface area contributed by atoms with E-state index in [1.807, 2.05) is 0 Å². The van der Waals surface area contributed by atoms with E-state index in [9.17, 15) is 36.3 Å². The number of aromatic nitrogens is 1. The van der Waals surface area contributed by atoms with Crippen LogP contribution in [-0.4, -0.2) is 53.8 Å². The number of amides is 1. The largest absolute Gasteiger partial charge is 0.481 e. The Morgan fingerprint density at radius 2 is 1.79 bits per heavy atom. The number of aliphatic hydroxyl groups is 1. The minimum absolute atomic E-state index is 0.161. The molecule has 0 bridgehead atoms. The number of carboxylic acids is 1. The molecule has 0 radical (unpaired) electrons. The first kappa shape index (κ1) is 32.4. The van der Waals surface area contributed by atoms with E-state index in [-0.39, 0.29) is 16.6 Å². The Morgan fingerprint density at radius 1 is 1.14 bits per heavy atom. The van der Waals surface area contributed by atoms with Crippen molar-refractivity contribution in [2.45, 2.75) is 101 Å². The first-order valence-electron chi connectivity index (χ1n) is 14.0. The lowest BCUT2D eigenvalue weighted by Crippen LogP contribution is -2.46. The summed E-state index contributed by atoms with van der Waals surface area (Å²) in [6, 6.07) is 1.17. The second-order valence-corrected chi connectivity index (χ2v) is 14.5. The van der Waals surface area contributed by atoms with Crippen molar-refractivity contribution in [3.63, 3.8) is 0 Å². The Hall–Kier alpha value is -2.55. The van der Waals surface area contributed by atoms with Gasteiger partial charge in [0, 0.05) is 6.04 Å². The summed E-state index contributed by atoms with van der Waals surface area (Å²) >= 11 is 1.09. The molecule has 42 heavy (non-hydrogen) atoms. The molecule has 2 fully saturated rings. The van der Waals surface area contributed by atoms with Crippen molar-refractivity contribution >= 4 is 33.2 Å². The summed E-state index contributed by atoms with van der Waals surface area (Å²) in [6.45, 7) is 3.59. The maximum Gasteiger partial charge on any atom is 0.404 e. The summed E-state index contributed by atoms with van der Waals surface area (Å²) in [4.78, 5) is 29.1. The molecule has 4 rings (SSSR count). The quantitative estimate of drug-likeness (QED) is 0.289. The number of thiazole rings is 1. The first-order chi connectivity index (χ1) is 19.5. The zero-order valence-corrected chi connectivity index (χ0v) is 25.3. The topological polar surface area (TPSA) is 146 Å². The molecule has 0 saturated heterocycles. The Balaban J connectivity index is 1.71. The molecular weight excluding hydrogens is 595 g/mol. The third kappa shape index (κ3) is 7.50. The van der Waals surface area contributed by atoms with Gasteiger partial charge in [0.25, 0.3) is 5.91 Å². The number of hydrogen-bond donors (Lipinski definition) is 4. The van der Waals surface area contributed by atoms with Crippen LogP contribution in [0.15, 0.2) is 23.1 Å². The lowest BCUT2D eigenvalue weighted by atomic mass is 9.80. The number of sulfonamides is 1. The number of aliphatic carboxylic acids is 1. The van der Waals surface area contributed by atoms with Crippen molar-refractivity contribution in [1.29, 1.82) is 0 Å². The molecule has 0 spiro atoms.